The van der Waals surface area contributed by atoms with Gasteiger partial charge >= 0.3 is 0 Å². The van der Waals surface area contributed by atoms with E-state index < -0.39 is 26.6 Å². The first-order chi connectivity index (χ1) is 22.1. The van der Waals surface area contributed by atoms with Gasteiger partial charge in [-0.05, 0) is 111 Å². The summed E-state index contributed by atoms with van der Waals surface area (Å²) in [5, 5.41) is 0. The lowest BCUT2D eigenvalue weighted by Gasteiger charge is -2.33. The van der Waals surface area contributed by atoms with E-state index in [-0.39, 0.29) is 17.7 Å². The standard InChI is InChI=1S/C36H37F2N3O4S/c1-24(2)45-34-12-4-3-9-30(34)26-15-18-40(19-16-26)23-25-7-5-8-28(21-25)36(42)41-20-17-27-13-14-29(22-33(27)41)39-46(43,44)35-31(37)10-6-11-32(35)38/h3-14,21-22,24,26,39H,15-20,23H2,1-2H3. The van der Waals surface area contributed by atoms with Gasteiger partial charge in [-0.1, -0.05) is 42.5 Å². The van der Waals surface area contributed by atoms with Crippen molar-refractivity contribution in [2.45, 2.75) is 56.6 Å². The molecule has 10 heteroatoms. The number of piperidine rings is 1. The Bertz CT molecular complexity index is 1840. The molecule has 0 bridgehead atoms. The average Bonchev–Trinajstić information content (AvgIpc) is 3.44. The predicted octanol–water partition coefficient (Wildman–Crippen LogP) is 7.14. The van der Waals surface area contributed by atoms with Crippen LogP contribution in [0.25, 0.3) is 0 Å². The molecule has 2 heterocycles. The number of benzene rings is 4. The largest absolute Gasteiger partial charge is 0.491 e. The van der Waals surface area contributed by atoms with Crippen molar-refractivity contribution in [2.75, 3.05) is 29.3 Å². The summed E-state index contributed by atoms with van der Waals surface area (Å²) in [5.74, 6) is -1.16. The van der Waals surface area contributed by atoms with Crippen LogP contribution in [0.3, 0.4) is 0 Å². The maximum atomic E-state index is 14.2. The third kappa shape index (κ3) is 6.78. The lowest BCUT2D eigenvalue weighted by Crippen LogP contribution is -2.33. The topological polar surface area (TPSA) is 79.0 Å². The molecule has 0 aromatic heterocycles. The van der Waals surface area contributed by atoms with Gasteiger partial charge in [0.05, 0.1) is 11.8 Å². The maximum absolute atomic E-state index is 14.2. The number of hydrogen-bond acceptors (Lipinski definition) is 5. The number of amides is 1. The zero-order valence-electron chi connectivity index (χ0n) is 25.9. The minimum atomic E-state index is -4.54. The number of fused-ring (bicyclic) bond motifs is 1. The van der Waals surface area contributed by atoms with Crippen molar-refractivity contribution < 1.29 is 26.7 Å². The molecule has 1 saturated heterocycles. The van der Waals surface area contributed by atoms with Gasteiger partial charge in [-0.2, -0.15) is 0 Å². The molecular weight excluding hydrogens is 608 g/mol. The molecular formula is C36H37F2N3O4S. The Morgan fingerprint density at radius 2 is 1.63 bits per heavy atom. The van der Waals surface area contributed by atoms with Crippen LogP contribution < -0.4 is 14.4 Å². The molecule has 0 spiro atoms. The smallest absolute Gasteiger partial charge is 0.267 e. The Morgan fingerprint density at radius 1 is 0.913 bits per heavy atom. The van der Waals surface area contributed by atoms with Crippen molar-refractivity contribution in [1.82, 2.24) is 4.90 Å². The Hall–Kier alpha value is -4.28. The van der Waals surface area contributed by atoms with Crippen LogP contribution in [0.2, 0.25) is 0 Å². The zero-order valence-corrected chi connectivity index (χ0v) is 26.7. The molecule has 0 radical (unpaired) electrons. The van der Waals surface area contributed by atoms with Crippen LogP contribution in [0.4, 0.5) is 20.2 Å². The second-order valence-electron chi connectivity index (χ2n) is 12.2. The van der Waals surface area contributed by atoms with Gasteiger partial charge < -0.3 is 9.64 Å². The SMILES string of the molecule is CC(C)Oc1ccccc1C1CCN(Cc2cccc(C(=O)N3CCc4ccc(NS(=O)(=O)c5c(F)cccc5F)cc43)c2)CC1. The molecule has 0 unspecified atom stereocenters. The van der Waals surface area contributed by atoms with E-state index in [1.54, 1.807) is 17.0 Å². The number of hydrogen-bond donors (Lipinski definition) is 1. The number of likely N-dealkylation sites (tertiary alicyclic amines) is 1. The Morgan fingerprint density at radius 3 is 2.37 bits per heavy atom. The molecule has 6 rings (SSSR count). The third-order valence-corrected chi connectivity index (χ3v) is 9.99. The molecule has 0 atom stereocenters. The van der Waals surface area contributed by atoms with Crippen molar-refractivity contribution >= 4 is 27.3 Å². The van der Waals surface area contributed by atoms with Crippen LogP contribution in [0, 0.1) is 11.6 Å². The molecule has 46 heavy (non-hydrogen) atoms. The molecule has 4 aromatic rings. The second kappa shape index (κ2) is 13.2. The van der Waals surface area contributed by atoms with E-state index in [0.717, 1.165) is 67.6 Å². The van der Waals surface area contributed by atoms with Crippen LogP contribution in [0.15, 0.2) is 89.8 Å². The van der Waals surface area contributed by atoms with Crippen LogP contribution in [-0.2, 0) is 23.0 Å². The highest BCUT2D eigenvalue weighted by Crippen LogP contribution is 2.36. The summed E-state index contributed by atoms with van der Waals surface area (Å²) in [6, 6.07) is 23.6. The van der Waals surface area contributed by atoms with E-state index in [9.17, 15) is 22.0 Å². The molecule has 0 saturated carbocycles. The fourth-order valence-electron chi connectivity index (χ4n) is 6.40. The average molecular weight is 646 g/mol. The van der Waals surface area contributed by atoms with E-state index in [1.807, 2.05) is 38.1 Å². The molecule has 4 aromatic carbocycles. The number of anilines is 2. The van der Waals surface area contributed by atoms with Crippen molar-refractivity contribution in [3.8, 4) is 5.75 Å². The van der Waals surface area contributed by atoms with Crippen LogP contribution in [0.1, 0.15) is 59.7 Å². The molecule has 0 aliphatic carbocycles. The minimum absolute atomic E-state index is 0.108. The first-order valence-electron chi connectivity index (χ1n) is 15.6. The number of rotatable bonds is 9. The normalized spacial score (nSPS) is 15.6. The molecule has 1 N–H and O–H groups in total. The fourth-order valence-corrected chi connectivity index (χ4v) is 7.59. The lowest BCUT2D eigenvalue weighted by atomic mass is 9.88. The van der Waals surface area contributed by atoms with Gasteiger partial charge in [-0.3, -0.25) is 14.4 Å². The number of halogens is 2. The highest BCUT2D eigenvalue weighted by Gasteiger charge is 2.29. The third-order valence-electron chi connectivity index (χ3n) is 8.56. The predicted molar refractivity (Wildman–Crippen MR) is 175 cm³/mol. The number of para-hydroxylation sites is 1. The maximum Gasteiger partial charge on any atom is 0.267 e. The number of nitrogens with zero attached hydrogens (tertiary/aromatic N) is 2. The molecule has 2 aliphatic heterocycles. The van der Waals surface area contributed by atoms with Crippen LogP contribution in [-0.4, -0.2) is 45.0 Å². The fraction of sp³-hybridized carbons (Fsp3) is 0.306. The zero-order chi connectivity index (χ0) is 32.4. The molecule has 1 fully saturated rings. The summed E-state index contributed by atoms with van der Waals surface area (Å²) >= 11 is 0. The van der Waals surface area contributed by atoms with Crippen molar-refractivity contribution in [2.24, 2.45) is 0 Å². The van der Waals surface area contributed by atoms with Gasteiger partial charge in [0.15, 0.2) is 4.90 Å². The number of nitrogens with one attached hydrogen (secondary N) is 1. The van der Waals surface area contributed by atoms with Gasteiger partial charge in [-0.15, -0.1) is 0 Å². The van der Waals surface area contributed by atoms with Crippen molar-refractivity contribution in [3.05, 3.63) is 119 Å². The Labute approximate surface area is 268 Å². The Balaban J connectivity index is 1.12. The summed E-state index contributed by atoms with van der Waals surface area (Å²) in [4.78, 5) is 16.7. The molecule has 240 valence electrons. The highest BCUT2D eigenvalue weighted by atomic mass is 32.2. The molecule has 2 aliphatic rings. The molecule has 1 amide bonds. The Kier molecular flexibility index (Phi) is 9.11. The van der Waals surface area contributed by atoms with E-state index in [0.29, 0.717) is 30.1 Å². The van der Waals surface area contributed by atoms with Crippen molar-refractivity contribution in [1.29, 1.82) is 0 Å². The van der Waals surface area contributed by atoms with E-state index >= 15 is 0 Å². The summed E-state index contributed by atoms with van der Waals surface area (Å²) in [7, 11) is -4.54. The number of ether oxygens (including phenoxy) is 1. The van der Waals surface area contributed by atoms with E-state index in [2.05, 4.69) is 27.8 Å². The first kappa shape index (κ1) is 31.7. The van der Waals surface area contributed by atoms with Crippen LogP contribution in [0.5, 0.6) is 5.75 Å². The van der Waals surface area contributed by atoms with E-state index in [4.69, 9.17) is 4.74 Å². The minimum Gasteiger partial charge on any atom is -0.491 e. The summed E-state index contributed by atoms with van der Waals surface area (Å²) in [5.41, 5.74) is 4.41. The van der Waals surface area contributed by atoms with Gasteiger partial charge in [0, 0.05) is 24.3 Å². The van der Waals surface area contributed by atoms with Gasteiger partial charge in [0.2, 0.25) is 0 Å². The number of carbonyl (C=O) groups is 1. The van der Waals surface area contributed by atoms with E-state index in [1.165, 1.54) is 17.7 Å². The van der Waals surface area contributed by atoms with Gasteiger partial charge in [0.1, 0.15) is 17.4 Å². The summed E-state index contributed by atoms with van der Waals surface area (Å²) in [6.07, 6.45) is 2.78. The number of carbonyl (C=O) groups excluding carboxylic acids is 1. The summed E-state index contributed by atoms with van der Waals surface area (Å²) < 4.78 is 62.5. The highest BCUT2D eigenvalue weighted by molar-refractivity contribution is 7.92. The quantitative estimate of drug-likeness (QED) is 0.210. The summed E-state index contributed by atoms with van der Waals surface area (Å²) in [6.45, 7) is 7.13. The first-order valence-corrected chi connectivity index (χ1v) is 17.1. The second-order valence-corrected chi connectivity index (χ2v) is 13.8. The lowest BCUT2D eigenvalue weighted by molar-refractivity contribution is 0.0989. The molecule has 7 nitrogen and oxygen atoms in total. The van der Waals surface area contributed by atoms with Gasteiger partial charge in [-0.25, -0.2) is 17.2 Å². The number of sulfonamides is 1. The van der Waals surface area contributed by atoms with Gasteiger partial charge in [0.25, 0.3) is 15.9 Å². The van der Waals surface area contributed by atoms with Crippen LogP contribution >= 0.6 is 0 Å². The van der Waals surface area contributed by atoms with Crippen molar-refractivity contribution in [3.63, 3.8) is 0 Å². The monoisotopic (exact) mass is 645 g/mol.